The first-order chi connectivity index (χ1) is 14.7. The molecule has 0 aliphatic carbocycles. The number of hydrogen-bond acceptors (Lipinski definition) is 6. The highest BCUT2D eigenvalue weighted by molar-refractivity contribution is 7.89. The zero-order valence-corrected chi connectivity index (χ0v) is 18.3. The van der Waals surface area contributed by atoms with Crippen LogP contribution in [0.1, 0.15) is 41.6 Å². The van der Waals surface area contributed by atoms with Crippen molar-refractivity contribution in [3.05, 3.63) is 57.6 Å². The van der Waals surface area contributed by atoms with Crippen molar-refractivity contribution in [2.24, 2.45) is 0 Å². The van der Waals surface area contributed by atoms with Crippen LogP contribution < -0.4 is 10.1 Å². The molecule has 3 rings (SSSR count). The maximum Gasteiger partial charge on any atom is 0.311 e. The normalized spacial score (nSPS) is 15.2. The van der Waals surface area contributed by atoms with E-state index in [1.54, 1.807) is 19.1 Å². The van der Waals surface area contributed by atoms with Crippen LogP contribution in [0.3, 0.4) is 0 Å². The largest absolute Gasteiger partial charge is 0.490 e. The van der Waals surface area contributed by atoms with E-state index in [9.17, 15) is 23.3 Å². The van der Waals surface area contributed by atoms with Crippen molar-refractivity contribution in [1.29, 1.82) is 0 Å². The van der Waals surface area contributed by atoms with Gasteiger partial charge in [0.25, 0.3) is 5.91 Å². The molecule has 0 bridgehead atoms. The average Bonchev–Trinajstić information content (AvgIpc) is 3.04. The summed E-state index contributed by atoms with van der Waals surface area (Å²) in [6, 6.07) is 8.55. The van der Waals surface area contributed by atoms with Crippen LogP contribution in [0.4, 0.5) is 11.4 Å². The van der Waals surface area contributed by atoms with Gasteiger partial charge >= 0.3 is 5.69 Å². The Labute approximate surface area is 181 Å². The summed E-state index contributed by atoms with van der Waals surface area (Å²) in [7, 11) is -2.38. The molecule has 0 unspecified atom stereocenters. The van der Waals surface area contributed by atoms with Crippen molar-refractivity contribution in [2.75, 3.05) is 25.5 Å². The number of amides is 1. The second-order valence-corrected chi connectivity index (χ2v) is 9.30. The number of nitrogens with one attached hydrogen (secondary N) is 1. The Morgan fingerprint density at radius 1 is 1.10 bits per heavy atom. The van der Waals surface area contributed by atoms with Gasteiger partial charge in [0, 0.05) is 30.4 Å². The van der Waals surface area contributed by atoms with Crippen LogP contribution in [0.2, 0.25) is 0 Å². The maximum atomic E-state index is 13.2. The number of carbonyl (C=O) groups is 1. The van der Waals surface area contributed by atoms with E-state index < -0.39 is 20.9 Å². The molecule has 1 heterocycles. The number of hydrogen-bond donors (Lipinski definition) is 1. The number of rotatable bonds is 6. The summed E-state index contributed by atoms with van der Waals surface area (Å²) in [5, 5.41) is 13.8. The molecule has 2 aromatic carbocycles. The zero-order valence-electron chi connectivity index (χ0n) is 17.5. The van der Waals surface area contributed by atoms with Gasteiger partial charge in [0.2, 0.25) is 10.0 Å². The summed E-state index contributed by atoms with van der Waals surface area (Å²) in [5.74, 6) is -0.546. The highest BCUT2D eigenvalue weighted by atomic mass is 32.2. The van der Waals surface area contributed by atoms with Gasteiger partial charge in [-0.1, -0.05) is 18.9 Å². The van der Waals surface area contributed by atoms with Crippen LogP contribution in [0.25, 0.3) is 0 Å². The molecule has 1 fully saturated rings. The third kappa shape index (κ3) is 5.02. The maximum absolute atomic E-state index is 13.2. The lowest BCUT2D eigenvalue weighted by Gasteiger charge is -2.21. The van der Waals surface area contributed by atoms with Crippen molar-refractivity contribution in [2.45, 2.75) is 37.5 Å². The molecule has 1 aliphatic rings. The van der Waals surface area contributed by atoms with Crippen molar-refractivity contribution in [3.8, 4) is 5.75 Å². The third-order valence-corrected chi connectivity index (χ3v) is 7.31. The van der Waals surface area contributed by atoms with Crippen molar-refractivity contribution in [3.63, 3.8) is 0 Å². The molecule has 1 N–H and O–H groups in total. The van der Waals surface area contributed by atoms with E-state index in [0.717, 1.165) is 31.7 Å². The summed E-state index contributed by atoms with van der Waals surface area (Å²) < 4.78 is 32.8. The SMILES string of the molecule is COc1ccc(C(=O)Nc2ccc(C)c(S(=O)(=O)N3CCCCCC3)c2)cc1[N+](=O)[O-]. The predicted octanol–water partition coefficient (Wildman–Crippen LogP) is 3.73. The van der Waals surface area contributed by atoms with Crippen LogP contribution in [-0.2, 0) is 10.0 Å². The van der Waals surface area contributed by atoms with Gasteiger partial charge in [0.05, 0.1) is 16.9 Å². The van der Waals surface area contributed by atoms with E-state index in [2.05, 4.69) is 5.32 Å². The molecule has 0 spiro atoms. The lowest BCUT2D eigenvalue weighted by atomic mass is 10.1. The zero-order chi connectivity index (χ0) is 22.6. The Balaban J connectivity index is 1.87. The molecule has 31 heavy (non-hydrogen) atoms. The van der Waals surface area contributed by atoms with E-state index in [4.69, 9.17) is 4.74 Å². The minimum atomic E-state index is -3.69. The fourth-order valence-corrected chi connectivity index (χ4v) is 5.32. The molecule has 1 saturated heterocycles. The van der Waals surface area contributed by atoms with Gasteiger partial charge in [-0.3, -0.25) is 14.9 Å². The number of nitro groups is 1. The summed E-state index contributed by atoms with van der Waals surface area (Å²) >= 11 is 0. The highest BCUT2D eigenvalue weighted by Crippen LogP contribution is 2.29. The van der Waals surface area contributed by atoms with Gasteiger partial charge in [0.15, 0.2) is 5.75 Å². The summed E-state index contributed by atoms with van der Waals surface area (Å²) in [6.45, 7) is 2.67. The Kier molecular flexibility index (Phi) is 6.91. The van der Waals surface area contributed by atoms with Gasteiger partial charge < -0.3 is 10.1 Å². The first-order valence-electron chi connectivity index (χ1n) is 9.98. The fraction of sp³-hybridized carbons (Fsp3) is 0.381. The predicted molar refractivity (Wildman–Crippen MR) is 116 cm³/mol. The van der Waals surface area contributed by atoms with Crippen LogP contribution in [0.15, 0.2) is 41.3 Å². The number of methoxy groups -OCH3 is 1. The van der Waals surface area contributed by atoms with Crippen molar-refractivity contribution in [1.82, 2.24) is 4.31 Å². The molecule has 0 radical (unpaired) electrons. The number of benzene rings is 2. The van der Waals surface area contributed by atoms with Crippen LogP contribution in [0.5, 0.6) is 5.75 Å². The van der Waals surface area contributed by atoms with E-state index >= 15 is 0 Å². The molecule has 0 atom stereocenters. The van der Waals surface area contributed by atoms with Gasteiger partial charge in [-0.15, -0.1) is 0 Å². The van der Waals surface area contributed by atoms with Crippen LogP contribution in [-0.4, -0.2) is 43.8 Å². The lowest BCUT2D eigenvalue weighted by Crippen LogP contribution is -2.32. The Bertz CT molecular complexity index is 1090. The van der Waals surface area contributed by atoms with E-state index in [1.807, 2.05) is 0 Å². The van der Waals surface area contributed by atoms with Gasteiger partial charge in [-0.2, -0.15) is 4.31 Å². The van der Waals surface area contributed by atoms with Gasteiger partial charge in [0.1, 0.15) is 0 Å². The topological polar surface area (TPSA) is 119 Å². The van der Waals surface area contributed by atoms with E-state index in [0.29, 0.717) is 24.3 Å². The number of nitrogens with zero attached hydrogens (tertiary/aromatic N) is 2. The number of carbonyl (C=O) groups excluding carboxylic acids is 1. The molecule has 166 valence electrons. The highest BCUT2D eigenvalue weighted by Gasteiger charge is 2.27. The number of anilines is 1. The first-order valence-corrected chi connectivity index (χ1v) is 11.4. The molecule has 0 aromatic heterocycles. The second kappa shape index (κ2) is 9.44. The quantitative estimate of drug-likeness (QED) is 0.532. The molecule has 9 nitrogen and oxygen atoms in total. The fourth-order valence-electron chi connectivity index (χ4n) is 3.55. The molecule has 2 aromatic rings. The summed E-state index contributed by atoms with van der Waals surface area (Å²) in [6.07, 6.45) is 3.67. The van der Waals surface area contributed by atoms with Crippen LogP contribution in [0, 0.1) is 17.0 Å². The summed E-state index contributed by atoms with van der Waals surface area (Å²) in [4.78, 5) is 23.4. The average molecular weight is 448 g/mol. The van der Waals surface area contributed by atoms with E-state index in [1.165, 1.54) is 29.6 Å². The first kappa shape index (κ1) is 22.7. The number of ether oxygens (including phenoxy) is 1. The third-order valence-electron chi connectivity index (χ3n) is 5.27. The smallest absolute Gasteiger partial charge is 0.311 e. The number of sulfonamides is 1. The van der Waals surface area contributed by atoms with E-state index in [-0.39, 0.29) is 21.9 Å². The monoisotopic (exact) mass is 447 g/mol. The molecule has 10 heteroatoms. The lowest BCUT2D eigenvalue weighted by molar-refractivity contribution is -0.385. The second-order valence-electron chi connectivity index (χ2n) is 7.40. The molecule has 1 amide bonds. The Morgan fingerprint density at radius 3 is 2.39 bits per heavy atom. The number of nitro benzene ring substituents is 1. The summed E-state index contributed by atoms with van der Waals surface area (Å²) in [5.41, 5.74) is 0.610. The standard InChI is InChI=1S/C21H25N3O6S/c1-15-7-9-17(14-20(15)31(28,29)23-11-5-3-4-6-12-23)22-21(25)16-8-10-19(30-2)18(13-16)24(26)27/h7-10,13-14H,3-6,11-12H2,1-2H3,(H,22,25). The minimum absolute atomic E-state index is 0.0442. The van der Waals surface area contributed by atoms with Crippen molar-refractivity contribution < 1.29 is 22.9 Å². The molecular weight excluding hydrogens is 422 g/mol. The van der Waals surface area contributed by atoms with Crippen molar-refractivity contribution >= 4 is 27.3 Å². The molecule has 1 aliphatic heterocycles. The Morgan fingerprint density at radius 2 is 1.77 bits per heavy atom. The van der Waals surface area contributed by atoms with Crippen LogP contribution >= 0.6 is 0 Å². The molecule has 0 saturated carbocycles. The minimum Gasteiger partial charge on any atom is -0.490 e. The van der Waals surface area contributed by atoms with Gasteiger partial charge in [-0.25, -0.2) is 8.42 Å². The molecular formula is C21H25N3O6S. The number of aryl methyl sites for hydroxylation is 1. The Hall–Kier alpha value is -2.98. The van der Waals surface area contributed by atoms with Gasteiger partial charge in [-0.05, 0) is 49.6 Å².